The predicted octanol–water partition coefficient (Wildman–Crippen LogP) is -0.620. The van der Waals surface area contributed by atoms with Gasteiger partial charge in [-0.2, -0.15) is 13.2 Å². The lowest BCUT2D eigenvalue weighted by atomic mass is 9.98. The van der Waals surface area contributed by atoms with E-state index in [1.54, 1.807) is 17.2 Å². The molecule has 7 N–H and O–H groups in total. The molecule has 30 heavy (non-hydrogen) atoms. The molecule has 1 aromatic carbocycles. The van der Waals surface area contributed by atoms with Crippen molar-refractivity contribution < 1.29 is 33.2 Å². The molecule has 7 atom stereocenters. The minimum Gasteiger partial charge on any atom is -0.387 e. The number of ether oxygens (including phenoxy) is 1. The number of hydrogen-bond acceptors (Lipinski definition) is 9. The molecule has 0 spiro atoms. The van der Waals surface area contributed by atoms with Crippen LogP contribution < -0.4 is 16.6 Å². The standard InChI is InChI=1S/C18H22F3N5O4/c19-18(20,21)9-3-1-8(2-4-9)11(27)14-12(28)13(29)17(30-14)26-6-5-10-15(25-22)23-7-24-16(10)26/h1-6,10-14,16-17,24,27-29H,7,22H2,(H,23,25)/t10?,11-,12+,13-,14-,16?,17-/m1/s1. The van der Waals surface area contributed by atoms with Gasteiger partial charge in [-0.25, -0.2) is 5.84 Å². The van der Waals surface area contributed by atoms with Gasteiger partial charge in [0.25, 0.3) is 0 Å². The fraction of sp³-hybridized carbons (Fsp3) is 0.500. The first-order valence-corrected chi connectivity index (χ1v) is 9.29. The molecule has 1 fully saturated rings. The zero-order valence-electron chi connectivity index (χ0n) is 15.6. The SMILES string of the molecule is NNC1=NCNC2C1C=CN2[C@@H]1O[C@H]([C@H](O)c2ccc(C(F)(F)F)cc2)[C@@H](O)[C@H]1O. The van der Waals surface area contributed by atoms with Gasteiger partial charge < -0.3 is 30.4 Å². The van der Waals surface area contributed by atoms with Gasteiger partial charge in [-0.3, -0.25) is 10.3 Å². The fourth-order valence-corrected chi connectivity index (χ4v) is 4.02. The lowest BCUT2D eigenvalue weighted by Gasteiger charge is -2.37. The number of nitrogens with two attached hydrogens (primary N) is 1. The molecule has 3 heterocycles. The van der Waals surface area contributed by atoms with Crippen LogP contribution in [0.2, 0.25) is 0 Å². The number of nitrogens with zero attached hydrogens (tertiary/aromatic N) is 2. The number of aliphatic hydroxyl groups excluding tert-OH is 3. The third-order valence-electron chi connectivity index (χ3n) is 5.60. The summed E-state index contributed by atoms with van der Waals surface area (Å²) in [7, 11) is 0. The van der Waals surface area contributed by atoms with Crippen molar-refractivity contribution in [1.82, 2.24) is 15.6 Å². The summed E-state index contributed by atoms with van der Waals surface area (Å²) < 4.78 is 44.0. The summed E-state index contributed by atoms with van der Waals surface area (Å²) in [5.41, 5.74) is 1.81. The molecule has 0 radical (unpaired) electrons. The predicted molar refractivity (Wildman–Crippen MR) is 98.1 cm³/mol. The van der Waals surface area contributed by atoms with Gasteiger partial charge in [0.2, 0.25) is 0 Å². The molecule has 9 nitrogen and oxygen atoms in total. The van der Waals surface area contributed by atoms with Crippen molar-refractivity contribution in [2.45, 2.75) is 43.0 Å². The number of hydrazine groups is 1. The average Bonchev–Trinajstić information content (AvgIpc) is 3.28. The Kier molecular flexibility index (Phi) is 5.46. The van der Waals surface area contributed by atoms with Crippen molar-refractivity contribution in [3.63, 3.8) is 0 Å². The van der Waals surface area contributed by atoms with Crippen molar-refractivity contribution in [1.29, 1.82) is 0 Å². The van der Waals surface area contributed by atoms with Crippen molar-refractivity contribution in [3.05, 3.63) is 47.7 Å². The van der Waals surface area contributed by atoms with Crippen LogP contribution in [0.1, 0.15) is 17.2 Å². The Morgan fingerprint density at radius 2 is 1.93 bits per heavy atom. The smallest absolute Gasteiger partial charge is 0.387 e. The highest BCUT2D eigenvalue weighted by Gasteiger charge is 2.51. The van der Waals surface area contributed by atoms with Crippen LogP contribution in [-0.4, -0.2) is 63.4 Å². The summed E-state index contributed by atoms with van der Waals surface area (Å²) in [5.74, 6) is 5.81. The maximum Gasteiger partial charge on any atom is 0.416 e. The molecule has 0 aliphatic carbocycles. The molecule has 3 aliphatic heterocycles. The number of amidine groups is 1. The summed E-state index contributed by atoms with van der Waals surface area (Å²) in [4.78, 5) is 5.87. The topological polar surface area (TPSA) is 136 Å². The van der Waals surface area contributed by atoms with E-state index in [2.05, 4.69) is 15.7 Å². The molecule has 0 bridgehead atoms. The van der Waals surface area contributed by atoms with Crippen molar-refractivity contribution >= 4 is 5.84 Å². The second-order valence-corrected chi connectivity index (χ2v) is 7.35. The number of fused-ring (bicyclic) bond motifs is 1. The fourth-order valence-electron chi connectivity index (χ4n) is 4.02. The van der Waals surface area contributed by atoms with E-state index in [4.69, 9.17) is 10.6 Å². The second kappa shape index (κ2) is 7.80. The molecule has 164 valence electrons. The highest BCUT2D eigenvalue weighted by Crippen LogP contribution is 2.37. The van der Waals surface area contributed by atoms with Crippen molar-refractivity contribution in [2.24, 2.45) is 16.8 Å². The number of aliphatic imine (C=N–C) groups is 1. The summed E-state index contributed by atoms with van der Waals surface area (Å²) in [6.07, 6.45) is -7.86. The Hall–Kier alpha value is -2.22. The molecule has 3 aliphatic rings. The number of halogens is 3. The van der Waals surface area contributed by atoms with Crippen LogP contribution in [0.3, 0.4) is 0 Å². The highest BCUT2D eigenvalue weighted by atomic mass is 19.4. The van der Waals surface area contributed by atoms with Crippen LogP contribution in [0.15, 0.2) is 41.5 Å². The molecule has 12 heteroatoms. The molecule has 2 unspecified atom stereocenters. The average molecular weight is 429 g/mol. The quantitative estimate of drug-likeness (QED) is 0.277. The number of rotatable bonds is 3. The molecular formula is C18H22F3N5O4. The monoisotopic (exact) mass is 429 g/mol. The van der Waals surface area contributed by atoms with Gasteiger partial charge in [0.15, 0.2) is 6.23 Å². The van der Waals surface area contributed by atoms with Gasteiger partial charge in [-0.1, -0.05) is 18.2 Å². The third kappa shape index (κ3) is 3.55. The maximum atomic E-state index is 12.7. The van der Waals surface area contributed by atoms with E-state index in [9.17, 15) is 28.5 Å². The number of benzene rings is 1. The molecule has 4 rings (SSSR count). The molecule has 0 aromatic heterocycles. The zero-order valence-corrected chi connectivity index (χ0v) is 15.6. The summed E-state index contributed by atoms with van der Waals surface area (Å²) in [5, 5.41) is 34.7. The number of aliphatic hydroxyl groups is 3. The van der Waals surface area contributed by atoms with Crippen LogP contribution in [0, 0.1) is 5.92 Å². The maximum absolute atomic E-state index is 12.7. The van der Waals surface area contributed by atoms with E-state index in [0.717, 1.165) is 24.3 Å². The molecule has 0 saturated carbocycles. The van der Waals surface area contributed by atoms with E-state index < -0.39 is 42.4 Å². The minimum absolute atomic E-state index is 0.132. The van der Waals surface area contributed by atoms with Crippen LogP contribution in [-0.2, 0) is 10.9 Å². The van der Waals surface area contributed by atoms with Crippen LogP contribution in [0.4, 0.5) is 13.2 Å². The lowest BCUT2D eigenvalue weighted by Crippen LogP contribution is -2.57. The molecule has 1 aromatic rings. The van der Waals surface area contributed by atoms with E-state index in [1.165, 1.54) is 0 Å². The largest absolute Gasteiger partial charge is 0.416 e. The number of alkyl halides is 3. The third-order valence-corrected chi connectivity index (χ3v) is 5.60. The van der Waals surface area contributed by atoms with E-state index >= 15 is 0 Å². The van der Waals surface area contributed by atoms with Crippen molar-refractivity contribution in [2.75, 3.05) is 6.67 Å². The van der Waals surface area contributed by atoms with Crippen LogP contribution >= 0.6 is 0 Å². The van der Waals surface area contributed by atoms with E-state index in [0.29, 0.717) is 5.84 Å². The van der Waals surface area contributed by atoms with Gasteiger partial charge in [0.1, 0.15) is 30.3 Å². The number of hydrogen-bond donors (Lipinski definition) is 6. The van der Waals surface area contributed by atoms with Crippen molar-refractivity contribution in [3.8, 4) is 0 Å². The second-order valence-electron chi connectivity index (χ2n) is 7.35. The molecule has 1 saturated heterocycles. The Labute approximate surface area is 169 Å². The van der Waals surface area contributed by atoms with Crippen LogP contribution in [0.5, 0.6) is 0 Å². The van der Waals surface area contributed by atoms with E-state index in [1.807, 2.05) is 0 Å². The Morgan fingerprint density at radius 1 is 1.23 bits per heavy atom. The zero-order chi connectivity index (χ0) is 21.6. The van der Waals surface area contributed by atoms with Gasteiger partial charge in [-0.15, -0.1) is 0 Å². The van der Waals surface area contributed by atoms with Gasteiger partial charge in [0.05, 0.1) is 24.3 Å². The summed E-state index contributed by atoms with van der Waals surface area (Å²) in [6.45, 7) is 0.280. The Morgan fingerprint density at radius 3 is 2.57 bits per heavy atom. The van der Waals surface area contributed by atoms with Crippen LogP contribution in [0.25, 0.3) is 0 Å². The summed E-state index contributed by atoms with van der Waals surface area (Å²) in [6, 6.07) is 3.92. The van der Waals surface area contributed by atoms with Gasteiger partial charge in [0, 0.05) is 6.20 Å². The summed E-state index contributed by atoms with van der Waals surface area (Å²) >= 11 is 0. The first kappa shape index (κ1) is 21.0. The normalized spacial score (nSPS) is 34.6. The Balaban J connectivity index is 1.50. The highest BCUT2D eigenvalue weighted by molar-refractivity contribution is 5.87. The first-order valence-electron chi connectivity index (χ1n) is 9.29. The van der Waals surface area contributed by atoms with Gasteiger partial charge >= 0.3 is 6.18 Å². The van der Waals surface area contributed by atoms with E-state index in [-0.39, 0.29) is 24.3 Å². The molecular weight excluding hydrogens is 407 g/mol. The lowest BCUT2D eigenvalue weighted by molar-refractivity contribution is -0.137. The minimum atomic E-state index is -4.50. The Bertz CT molecular complexity index is 834. The first-order chi connectivity index (χ1) is 14.2. The van der Waals surface area contributed by atoms with Gasteiger partial charge in [-0.05, 0) is 17.7 Å². The number of nitrogens with one attached hydrogen (secondary N) is 2. The molecule has 0 amide bonds.